The second kappa shape index (κ2) is 10.8. The maximum atomic E-state index is 13.5. The lowest BCUT2D eigenvalue weighted by Gasteiger charge is -2.26. The van der Waals surface area contributed by atoms with E-state index in [1.54, 1.807) is 12.3 Å². The van der Waals surface area contributed by atoms with Gasteiger partial charge in [0.25, 0.3) is 5.56 Å². The van der Waals surface area contributed by atoms with Crippen LogP contribution in [0.25, 0.3) is 16.8 Å². The Labute approximate surface area is 252 Å². The van der Waals surface area contributed by atoms with E-state index >= 15 is 0 Å². The Hall–Kier alpha value is -2.51. The van der Waals surface area contributed by atoms with Crippen molar-refractivity contribution in [3.05, 3.63) is 40.8 Å². The Morgan fingerprint density at radius 3 is 2.56 bits per heavy atom. The average Bonchev–Trinajstić information content (AvgIpc) is 3.71. The van der Waals surface area contributed by atoms with E-state index in [2.05, 4.69) is 49.5 Å². The van der Waals surface area contributed by atoms with Crippen LogP contribution in [-0.4, -0.2) is 71.7 Å². The highest BCUT2D eigenvalue weighted by molar-refractivity contribution is 8.44. The normalized spacial score (nSPS) is 35.4. The number of hydrogen-bond donors (Lipinski definition) is 5. The Kier molecular flexibility index (Phi) is 7.36. The zero-order valence-electron chi connectivity index (χ0n) is 21.9. The van der Waals surface area contributed by atoms with Crippen molar-refractivity contribution in [2.24, 2.45) is 0 Å². The molecule has 5 N–H and O–H groups in total. The van der Waals surface area contributed by atoms with Gasteiger partial charge in [0.2, 0.25) is 5.95 Å². The van der Waals surface area contributed by atoms with Crippen molar-refractivity contribution in [3.63, 3.8) is 0 Å². The fourth-order valence-electron chi connectivity index (χ4n) is 5.36. The minimum absolute atomic E-state index is 0.00653. The molecule has 0 aliphatic carbocycles. The van der Waals surface area contributed by atoms with E-state index in [9.17, 15) is 13.9 Å². The molecule has 0 amide bonds. The maximum absolute atomic E-state index is 13.5. The zero-order valence-corrected chi connectivity index (χ0v) is 25.5. The summed E-state index contributed by atoms with van der Waals surface area (Å²) in [5.41, 5.74) is 12.7. The van der Waals surface area contributed by atoms with Gasteiger partial charge in [-0.05, 0) is 6.07 Å². The quantitative estimate of drug-likeness (QED) is 0.151. The molecule has 8 atom stereocenters. The number of rotatable bonds is 2. The van der Waals surface area contributed by atoms with E-state index in [-0.39, 0.29) is 43.2 Å². The summed E-state index contributed by atoms with van der Waals surface area (Å²) in [6, 6.07) is 1.62. The summed E-state index contributed by atoms with van der Waals surface area (Å²) < 4.78 is 65.0. The van der Waals surface area contributed by atoms with Gasteiger partial charge in [0, 0.05) is 12.8 Å². The van der Waals surface area contributed by atoms with Crippen molar-refractivity contribution in [2.45, 2.75) is 49.6 Å². The molecule has 18 nitrogen and oxygen atoms in total. The number of fused-ring (bicyclic) bond motifs is 5. The number of imidazole rings is 2. The Balaban J connectivity index is 1.17. The first-order valence-corrected chi connectivity index (χ1v) is 18.3. The van der Waals surface area contributed by atoms with Crippen molar-refractivity contribution in [3.8, 4) is 0 Å². The van der Waals surface area contributed by atoms with Crippen LogP contribution in [-0.2, 0) is 36.7 Å². The number of nitrogen functional groups attached to an aromatic ring is 2. The standard InChI is InChI=1S/C21H25N9O9P2S2/c22-10-1-2-26-30-11(5-24-17(10)30)12-4-13-15(37-12)7-35-41(33,43)39-14-3-9(6-34-40(32,42)38-13)36-20(14)29-8-25-16-18(29)27-21(23)28-19(16)31/h1-2,5,8-9,12-15,20H,3-4,6-7,22H2,(H,32,42)(H,33,43)(H3,23,27,28,31)/t9-,12+,13-,14+,15?,20?,40+,41?/m0/s1. The van der Waals surface area contributed by atoms with E-state index < -0.39 is 55.9 Å². The highest BCUT2D eigenvalue weighted by atomic mass is 32.7. The number of hydrogen-bond acceptors (Lipinski definition) is 15. The number of aromatic amines is 1. The molecule has 3 saturated heterocycles. The lowest BCUT2D eigenvalue weighted by atomic mass is 10.1. The third-order valence-electron chi connectivity index (χ3n) is 7.22. The van der Waals surface area contributed by atoms with E-state index in [1.165, 1.54) is 21.6 Å². The first kappa shape index (κ1) is 29.2. The second-order valence-electron chi connectivity index (χ2n) is 10.1. The lowest BCUT2D eigenvalue weighted by Crippen LogP contribution is -2.28. The predicted molar refractivity (Wildman–Crippen MR) is 156 cm³/mol. The van der Waals surface area contributed by atoms with E-state index in [0.29, 0.717) is 17.0 Å². The third kappa shape index (κ3) is 5.61. The molecule has 230 valence electrons. The van der Waals surface area contributed by atoms with E-state index in [1.807, 2.05) is 0 Å². The van der Waals surface area contributed by atoms with Crippen LogP contribution >= 0.6 is 38.1 Å². The van der Waals surface area contributed by atoms with Crippen LogP contribution in [0.2, 0.25) is 0 Å². The molecule has 3 fully saturated rings. The van der Waals surface area contributed by atoms with Gasteiger partial charge in [-0.3, -0.25) is 32.4 Å². The Bertz CT molecular complexity index is 1870. The summed E-state index contributed by atoms with van der Waals surface area (Å²) in [7, 11) is 0. The van der Waals surface area contributed by atoms with Crippen molar-refractivity contribution >= 4 is 66.5 Å². The number of H-pyrrole nitrogens is 1. The topological polar surface area (TPSA) is 235 Å². The zero-order chi connectivity index (χ0) is 30.1. The minimum Gasteiger partial charge on any atom is -0.396 e. The first-order chi connectivity index (χ1) is 20.5. The number of nitrogens with two attached hydrogens (primary N) is 2. The van der Waals surface area contributed by atoms with Gasteiger partial charge in [0.05, 0.1) is 55.5 Å². The molecule has 3 unspecified atom stereocenters. The fraction of sp³-hybridized carbons (Fsp3) is 0.476. The Morgan fingerprint density at radius 1 is 0.977 bits per heavy atom. The van der Waals surface area contributed by atoms with Crippen LogP contribution in [0.5, 0.6) is 0 Å². The molecule has 7 heterocycles. The average molecular weight is 674 g/mol. The summed E-state index contributed by atoms with van der Waals surface area (Å²) in [5, 5.41) is 4.30. The summed E-state index contributed by atoms with van der Waals surface area (Å²) in [5.74, 6) is -0.138. The second-order valence-corrected chi connectivity index (χ2v) is 15.8. The van der Waals surface area contributed by atoms with Crippen LogP contribution in [0.3, 0.4) is 0 Å². The molecule has 0 aromatic carbocycles. The summed E-state index contributed by atoms with van der Waals surface area (Å²) in [4.78, 5) is 27.2. The number of nitrogens with zero attached hydrogens (tertiary/aromatic N) is 6. The Morgan fingerprint density at radius 2 is 1.74 bits per heavy atom. The van der Waals surface area contributed by atoms with Gasteiger partial charge in [-0.2, -0.15) is 10.1 Å². The summed E-state index contributed by atoms with van der Waals surface area (Å²) >= 11 is 8.37. The van der Waals surface area contributed by atoms with Gasteiger partial charge >= 0.3 is 13.6 Å². The van der Waals surface area contributed by atoms with Crippen molar-refractivity contribution < 1.29 is 36.7 Å². The SMILES string of the molecule is Nc1nc2c(ncn2C2O[C@@H]3CO[P@@](=O)(S)O[C@H]4C[C@H](c5cnc6c(N)ccnn56)OC4COP(=O)(S)O[C@@H]2C3)c(=O)[nH]1. The highest BCUT2D eigenvalue weighted by Crippen LogP contribution is 2.60. The lowest BCUT2D eigenvalue weighted by molar-refractivity contribution is -0.0513. The predicted octanol–water partition coefficient (Wildman–Crippen LogP) is 2.04. The smallest absolute Gasteiger partial charge is 0.386 e. The molecule has 2 bridgehead atoms. The van der Waals surface area contributed by atoms with Crippen LogP contribution in [0.15, 0.2) is 29.6 Å². The number of thiol groups is 2. The largest absolute Gasteiger partial charge is 0.396 e. The van der Waals surface area contributed by atoms with Crippen LogP contribution in [0, 0.1) is 0 Å². The van der Waals surface area contributed by atoms with E-state index in [0.717, 1.165) is 0 Å². The van der Waals surface area contributed by atoms with E-state index in [4.69, 9.17) is 39.0 Å². The van der Waals surface area contributed by atoms with Crippen molar-refractivity contribution in [1.82, 2.24) is 34.1 Å². The number of nitrogens with one attached hydrogen (secondary N) is 1. The molecule has 4 aromatic heterocycles. The summed E-state index contributed by atoms with van der Waals surface area (Å²) in [6.45, 7) is -8.59. The van der Waals surface area contributed by atoms with Crippen molar-refractivity contribution in [1.29, 1.82) is 0 Å². The molecule has 22 heteroatoms. The van der Waals surface area contributed by atoms with Crippen LogP contribution in [0.1, 0.15) is 30.9 Å². The van der Waals surface area contributed by atoms with Crippen LogP contribution < -0.4 is 17.0 Å². The van der Waals surface area contributed by atoms with Gasteiger partial charge in [-0.25, -0.2) is 23.6 Å². The van der Waals surface area contributed by atoms with Gasteiger partial charge in [0.1, 0.15) is 18.3 Å². The summed E-state index contributed by atoms with van der Waals surface area (Å²) in [6.07, 6.45) is -0.341. The van der Waals surface area contributed by atoms with Gasteiger partial charge in [0.15, 0.2) is 23.0 Å². The molecule has 0 radical (unpaired) electrons. The highest BCUT2D eigenvalue weighted by Gasteiger charge is 2.47. The third-order valence-corrected chi connectivity index (χ3v) is 10.5. The fourth-order valence-corrected chi connectivity index (χ4v) is 8.39. The molecule has 3 aliphatic heterocycles. The first-order valence-electron chi connectivity index (χ1n) is 12.9. The molecular weight excluding hydrogens is 648 g/mol. The van der Waals surface area contributed by atoms with Crippen LogP contribution in [0.4, 0.5) is 11.6 Å². The van der Waals surface area contributed by atoms with Crippen molar-refractivity contribution in [2.75, 3.05) is 24.7 Å². The van der Waals surface area contributed by atoms with Gasteiger partial charge in [-0.15, -0.1) is 0 Å². The monoisotopic (exact) mass is 673 g/mol. The maximum Gasteiger partial charge on any atom is 0.386 e. The molecular formula is C21H25N9O9P2S2. The molecule has 4 aromatic rings. The number of anilines is 2. The minimum atomic E-state index is -4.07. The van der Waals surface area contributed by atoms with Gasteiger partial charge in [-0.1, -0.05) is 24.5 Å². The number of aromatic nitrogens is 7. The molecule has 7 rings (SSSR count). The molecule has 3 aliphatic rings. The van der Waals surface area contributed by atoms with Gasteiger partial charge < -0.3 is 20.9 Å². The number of ether oxygens (including phenoxy) is 2. The molecule has 0 saturated carbocycles. The molecule has 43 heavy (non-hydrogen) atoms. The molecule has 0 spiro atoms.